The zero-order valence-electron chi connectivity index (χ0n) is 9.04. The van der Waals surface area contributed by atoms with E-state index in [9.17, 15) is 0 Å². The quantitative estimate of drug-likeness (QED) is 0.789. The van der Waals surface area contributed by atoms with Gasteiger partial charge in [0.25, 0.3) is 0 Å². The molecule has 0 spiro atoms. The molecule has 3 N–H and O–H groups in total. The van der Waals surface area contributed by atoms with Gasteiger partial charge in [-0.2, -0.15) is 0 Å². The summed E-state index contributed by atoms with van der Waals surface area (Å²) in [6.45, 7) is 1.89. The maximum Gasteiger partial charge on any atom is 0.0995 e. The lowest BCUT2D eigenvalue weighted by atomic mass is 10.2. The van der Waals surface area contributed by atoms with Crippen LogP contribution in [0.4, 0.5) is 0 Å². The fraction of sp³-hybridized carbons (Fsp3) is 0.273. The molecule has 2 heterocycles. The van der Waals surface area contributed by atoms with Crippen LogP contribution in [0.1, 0.15) is 17.3 Å². The number of hydrogen-bond donors (Lipinski definition) is 2. The molecule has 2 aromatic heterocycles. The number of rotatable bonds is 3. The van der Waals surface area contributed by atoms with Gasteiger partial charge in [-0.25, -0.2) is 4.98 Å². The first kappa shape index (κ1) is 10.8. The van der Waals surface area contributed by atoms with E-state index in [0.29, 0.717) is 0 Å². The third-order valence-electron chi connectivity index (χ3n) is 2.51. The maximum absolute atomic E-state index is 9.07. The van der Waals surface area contributed by atoms with Crippen LogP contribution in [0.15, 0.2) is 31.0 Å². The Labute approximate surface area is 93.6 Å². The average molecular weight is 218 g/mol. The Bertz CT molecular complexity index is 480. The van der Waals surface area contributed by atoms with Gasteiger partial charge in [0.05, 0.1) is 42.8 Å². The van der Waals surface area contributed by atoms with E-state index in [4.69, 9.17) is 10.8 Å². The van der Waals surface area contributed by atoms with Crippen molar-refractivity contribution >= 4 is 0 Å². The topological polar surface area (TPSA) is 77.0 Å². The number of aliphatic hydroxyl groups excluding tert-OH is 1. The second kappa shape index (κ2) is 4.42. The normalized spacial score (nSPS) is 12.7. The lowest BCUT2D eigenvalue weighted by molar-refractivity contribution is 0.265. The summed E-state index contributed by atoms with van der Waals surface area (Å²) in [5, 5.41) is 9.07. The standard InChI is InChI=1S/C11H14N4O/c1-8-2-3-13-4-10(8)15-7-14-5-11(15)9(12)6-16/h2-5,7,9,16H,6,12H2,1H3. The molecular formula is C11H14N4O. The number of imidazole rings is 1. The molecule has 0 saturated heterocycles. The van der Waals surface area contributed by atoms with Crippen LogP contribution in [0, 0.1) is 6.92 Å². The number of aliphatic hydroxyl groups is 1. The predicted octanol–water partition coefficient (Wildman–Crippen LogP) is 0.568. The molecule has 0 saturated carbocycles. The lowest BCUT2D eigenvalue weighted by Crippen LogP contribution is -2.18. The summed E-state index contributed by atoms with van der Waals surface area (Å²) in [4.78, 5) is 8.13. The van der Waals surface area contributed by atoms with Gasteiger partial charge >= 0.3 is 0 Å². The smallest absolute Gasteiger partial charge is 0.0995 e. The molecule has 5 nitrogen and oxygen atoms in total. The highest BCUT2D eigenvalue weighted by Gasteiger charge is 2.12. The van der Waals surface area contributed by atoms with E-state index in [1.165, 1.54) is 0 Å². The minimum absolute atomic E-state index is 0.106. The number of aryl methyl sites for hydroxylation is 1. The first-order valence-corrected chi connectivity index (χ1v) is 5.03. The monoisotopic (exact) mass is 218 g/mol. The summed E-state index contributed by atoms with van der Waals surface area (Å²) in [6.07, 6.45) is 6.83. The molecule has 5 heteroatoms. The largest absolute Gasteiger partial charge is 0.394 e. The zero-order valence-corrected chi connectivity index (χ0v) is 9.04. The Morgan fingerprint density at radius 3 is 2.94 bits per heavy atom. The van der Waals surface area contributed by atoms with Crippen molar-refractivity contribution in [1.82, 2.24) is 14.5 Å². The minimum Gasteiger partial charge on any atom is -0.394 e. The summed E-state index contributed by atoms with van der Waals surface area (Å²) in [7, 11) is 0. The molecule has 2 aromatic rings. The molecule has 1 unspecified atom stereocenters. The van der Waals surface area contributed by atoms with E-state index in [-0.39, 0.29) is 6.61 Å². The molecule has 0 bridgehead atoms. The predicted molar refractivity (Wildman–Crippen MR) is 60.1 cm³/mol. The highest BCUT2D eigenvalue weighted by atomic mass is 16.3. The minimum atomic E-state index is -0.429. The fourth-order valence-corrected chi connectivity index (χ4v) is 1.58. The van der Waals surface area contributed by atoms with Crippen molar-refractivity contribution in [1.29, 1.82) is 0 Å². The van der Waals surface area contributed by atoms with Crippen molar-refractivity contribution < 1.29 is 5.11 Å². The van der Waals surface area contributed by atoms with Crippen molar-refractivity contribution in [2.24, 2.45) is 5.73 Å². The number of aromatic nitrogens is 3. The lowest BCUT2D eigenvalue weighted by Gasteiger charge is -2.13. The molecule has 0 fully saturated rings. The van der Waals surface area contributed by atoms with E-state index in [1.807, 2.05) is 17.6 Å². The summed E-state index contributed by atoms with van der Waals surface area (Å²) >= 11 is 0. The molecular weight excluding hydrogens is 204 g/mol. The molecule has 0 radical (unpaired) electrons. The number of nitrogens with zero attached hydrogens (tertiary/aromatic N) is 3. The van der Waals surface area contributed by atoms with Gasteiger partial charge in [0, 0.05) is 6.20 Å². The summed E-state index contributed by atoms with van der Waals surface area (Å²) in [6, 6.07) is 1.49. The van der Waals surface area contributed by atoms with Crippen LogP contribution < -0.4 is 5.73 Å². The van der Waals surface area contributed by atoms with Crippen molar-refractivity contribution in [3.8, 4) is 5.69 Å². The van der Waals surface area contributed by atoms with Crippen LogP contribution in [0.5, 0.6) is 0 Å². The molecule has 84 valence electrons. The molecule has 2 rings (SSSR count). The van der Waals surface area contributed by atoms with Crippen LogP contribution in [0.2, 0.25) is 0 Å². The van der Waals surface area contributed by atoms with Gasteiger partial charge in [-0.1, -0.05) is 0 Å². The van der Waals surface area contributed by atoms with E-state index >= 15 is 0 Å². The van der Waals surface area contributed by atoms with Crippen molar-refractivity contribution in [3.63, 3.8) is 0 Å². The van der Waals surface area contributed by atoms with Gasteiger partial charge in [-0.3, -0.25) is 9.55 Å². The van der Waals surface area contributed by atoms with Crippen molar-refractivity contribution in [2.75, 3.05) is 6.61 Å². The second-order valence-electron chi connectivity index (χ2n) is 3.64. The van der Waals surface area contributed by atoms with Crippen LogP contribution >= 0.6 is 0 Å². The Balaban J connectivity index is 2.49. The van der Waals surface area contributed by atoms with Gasteiger partial charge in [0.1, 0.15) is 0 Å². The highest BCUT2D eigenvalue weighted by Crippen LogP contribution is 2.17. The fourth-order valence-electron chi connectivity index (χ4n) is 1.58. The van der Waals surface area contributed by atoms with Crippen molar-refractivity contribution in [3.05, 3.63) is 42.2 Å². The Morgan fingerprint density at radius 1 is 1.44 bits per heavy atom. The molecule has 0 aliphatic rings. The van der Waals surface area contributed by atoms with Gasteiger partial charge < -0.3 is 10.8 Å². The summed E-state index contributed by atoms with van der Waals surface area (Å²) < 4.78 is 1.85. The highest BCUT2D eigenvalue weighted by molar-refractivity contribution is 5.39. The molecule has 0 aliphatic heterocycles. The zero-order chi connectivity index (χ0) is 11.5. The maximum atomic E-state index is 9.07. The van der Waals surface area contributed by atoms with Crippen molar-refractivity contribution in [2.45, 2.75) is 13.0 Å². The number of nitrogens with two attached hydrogens (primary N) is 1. The molecule has 0 aliphatic carbocycles. The van der Waals surface area contributed by atoms with E-state index in [0.717, 1.165) is 16.9 Å². The van der Waals surface area contributed by atoms with Crippen LogP contribution in [0.25, 0.3) is 5.69 Å². The Kier molecular flexibility index (Phi) is 2.98. The SMILES string of the molecule is Cc1ccncc1-n1cncc1C(N)CO. The molecule has 1 atom stereocenters. The second-order valence-corrected chi connectivity index (χ2v) is 3.64. The number of pyridine rings is 1. The molecule has 0 aromatic carbocycles. The Morgan fingerprint density at radius 2 is 2.25 bits per heavy atom. The van der Waals surface area contributed by atoms with Gasteiger partial charge in [-0.15, -0.1) is 0 Å². The third-order valence-corrected chi connectivity index (χ3v) is 2.51. The van der Waals surface area contributed by atoms with E-state index in [2.05, 4.69) is 9.97 Å². The number of hydrogen-bond acceptors (Lipinski definition) is 4. The van der Waals surface area contributed by atoms with Gasteiger partial charge in [0.2, 0.25) is 0 Å². The van der Waals surface area contributed by atoms with E-state index < -0.39 is 6.04 Å². The first-order chi connectivity index (χ1) is 7.74. The summed E-state index contributed by atoms with van der Waals surface area (Å²) in [5.74, 6) is 0. The first-order valence-electron chi connectivity index (χ1n) is 5.03. The Hall–Kier alpha value is -1.72. The molecule has 0 amide bonds. The average Bonchev–Trinajstić information content (AvgIpc) is 2.77. The molecule has 16 heavy (non-hydrogen) atoms. The van der Waals surface area contributed by atoms with Gasteiger partial charge in [-0.05, 0) is 18.6 Å². The summed E-state index contributed by atoms with van der Waals surface area (Å²) in [5.41, 5.74) is 8.58. The third kappa shape index (κ3) is 1.82. The van der Waals surface area contributed by atoms with Crippen LogP contribution in [0.3, 0.4) is 0 Å². The van der Waals surface area contributed by atoms with Crippen LogP contribution in [-0.2, 0) is 0 Å². The van der Waals surface area contributed by atoms with Gasteiger partial charge in [0.15, 0.2) is 0 Å². The van der Waals surface area contributed by atoms with Crippen LogP contribution in [-0.4, -0.2) is 26.2 Å². The van der Waals surface area contributed by atoms with E-state index in [1.54, 1.807) is 24.9 Å².